The van der Waals surface area contributed by atoms with E-state index < -0.39 is 17.8 Å². The Morgan fingerprint density at radius 1 is 1.14 bits per heavy atom. The zero-order valence-corrected chi connectivity index (χ0v) is 11.4. The third-order valence-electron chi connectivity index (χ3n) is 2.90. The zero-order chi connectivity index (χ0) is 15.5. The van der Waals surface area contributed by atoms with E-state index in [1.807, 2.05) is 0 Å². The van der Waals surface area contributed by atoms with E-state index in [4.69, 9.17) is 9.52 Å². The summed E-state index contributed by atoms with van der Waals surface area (Å²) in [5.41, 5.74) is -0.0959. The highest BCUT2D eigenvalue weighted by atomic mass is 19.4. The molecule has 1 heterocycles. The number of halogens is 3. The van der Waals surface area contributed by atoms with Crippen LogP contribution in [0.3, 0.4) is 0 Å². The molecule has 0 fully saturated rings. The van der Waals surface area contributed by atoms with Gasteiger partial charge in [0, 0.05) is 12.1 Å². The first-order chi connectivity index (χ1) is 9.86. The van der Waals surface area contributed by atoms with Crippen LogP contribution in [0.4, 0.5) is 13.2 Å². The molecule has 2 N–H and O–H groups in total. The fraction of sp³-hybridized carbons (Fsp3) is 0.333. The Morgan fingerprint density at radius 2 is 1.81 bits per heavy atom. The van der Waals surface area contributed by atoms with Crippen LogP contribution in [0.25, 0.3) is 11.3 Å². The second-order valence-corrected chi connectivity index (χ2v) is 4.82. The Labute approximate surface area is 120 Å². The number of furan rings is 1. The fourth-order valence-corrected chi connectivity index (χ4v) is 1.86. The molecule has 0 radical (unpaired) electrons. The van der Waals surface area contributed by atoms with Gasteiger partial charge in [-0.05, 0) is 31.2 Å². The maximum absolute atomic E-state index is 12.5. The summed E-state index contributed by atoms with van der Waals surface area (Å²) in [7, 11) is 0. The van der Waals surface area contributed by atoms with Gasteiger partial charge in [-0.15, -0.1) is 0 Å². The lowest BCUT2D eigenvalue weighted by Gasteiger charge is -2.06. The van der Waals surface area contributed by atoms with Crippen molar-refractivity contribution in [1.29, 1.82) is 0 Å². The van der Waals surface area contributed by atoms with Crippen molar-refractivity contribution < 1.29 is 22.7 Å². The lowest BCUT2D eigenvalue weighted by Crippen LogP contribution is -2.23. The van der Waals surface area contributed by atoms with Gasteiger partial charge >= 0.3 is 6.18 Å². The van der Waals surface area contributed by atoms with Crippen LogP contribution in [0.15, 0.2) is 40.8 Å². The normalized spacial score (nSPS) is 13.4. The van der Waals surface area contributed by atoms with Crippen molar-refractivity contribution in [3.8, 4) is 11.3 Å². The summed E-state index contributed by atoms with van der Waals surface area (Å²) in [5.74, 6) is 1.17. The number of alkyl halides is 3. The van der Waals surface area contributed by atoms with E-state index in [0.717, 1.165) is 12.1 Å². The molecule has 1 aromatic heterocycles. The van der Waals surface area contributed by atoms with Crippen LogP contribution >= 0.6 is 0 Å². The standard InChI is InChI=1S/C15H16F3NO2/c1-10(20)8-19-9-13-6-7-14(21-13)11-2-4-12(5-3-11)15(16,17)18/h2-7,10,19-20H,8-9H2,1H3. The molecule has 114 valence electrons. The second kappa shape index (κ2) is 6.32. The van der Waals surface area contributed by atoms with E-state index in [1.54, 1.807) is 19.1 Å². The predicted octanol–water partition coefficient (Wildman–Crippen LogP) is 3.44. The SMILES string of the molecule is CC(O)CNCc1ccc(-c2ccc(C(F)(F)F)cc2)o1. The maximum atomic E-state index is 12.5. The van der Waals surface area contributed by atoms with Gasteiger partial charge in [-0.25, -0.2) is 0 Å². The minimum Gasteiger partial charge on any atom is -0.460 e. The number of hydrogen-bond donors (Lipinski definition) is 2. The van der Waals surface area contributed by atoms with Crippen molar-refractivity contribution in [2.75, 3.05) is 6.54 Å². The van der Waals surface area contributed by atoms with Gasteiger partial charge in [0.2, 0.25) is 0 Å². The summed E-state index contributed by atoms with van der Waals surface area (Å²) in [6, 6.07) is 8.29. The lowest BCUT2D eigenvalue weighted by molar-refractivity contribution is -0.137. The van der Waals surface area contributed by atoms with Crippen LogP contribution in [0.5, 0.6) is 0 Å². The highest BCUT2D eigenvalue weighted by Gasteiger charge is 2.30. The average Bonchev–Trinajstić information content (AvgIpc) is 2.86. The first-order valence-corrected chi connectivity index (χ1v) is 6.51. The van der Waals surface area contributed by atoms with E-state index in [1.165, 1.54) is 12.1 Å². The Balaban J connectivity index is 2.04. The van der Waals surface area contributed by atoms with Gasteiger partial charge in [0.1, 0.15) is 11.5 Å². The first-order valence-electron chi connectivity index (χ1n) is 6.51. The molecular formula is C15H16F3NO2. The molecule has 1 atom stereocenters. The molecule has 1 unspecified atom stereocenters. The molecule has 1 aromatic carbocycles. The summed E-state index contributed by atoms with van der Waals surface area (Å²) in [6.45, 7) is 2.56. The highest BCUT2D eigenvalue weighted by Crippen LogP contribution is 2.31. The van der Waals surface area contributed by atoms with Crippen LogP contribution < -0.4 is 5.32 Å². The summed E-state index contributed by atoms with van der Waals surface area (Å²) in [5, 5.41) is 12.1. The number of hydrogen-bond acceptors (Lipinski definition) is 3. The van der Waals surface area contributed by atoms with E-state index >= 15 is 0 Å². The summed E-state index contributed by atoms with van der Waals surface area (Å²) in [4.78, 5) is 0. The van der Waals surface area contributed by atoms with E-state index in [0.29, 0.717) is 30.2 Å². The molecule has 0 spiro atoms. The molecule has 2 aromatic rings. The van der Waals surface area contributed by atoms with E-state index in [-0.39, 0.29) is 0 Å². The van der Waals surface area contributed by atoms with E-state index in [9.17, 15) is 13.2 Å². The predicted molar refractivity (Wildman–Crippen MR) is 72.5 cm³/mol. The molecular weight excluding hydrogens is 283 g/mol. The Morgan fingerprint density at radius 3 is 2.38 bits per heavy atom. The van der Waals surface area contributed by atoms with Gasteiger partial charge in [0.25, 0.3) is 0 Å². The lowest BCUT2D eigenvalue weighted by atomic mass is 10.1. The smallest absolute Gasteiger partial charge is 0.416 e. The molecule has 0 aliphatic carbocycles. The largest absolute Gasteiger partial charge is 0.460 e. The number of rotatable bonds is 5. The molecule has 0 saturated heterocycles. The van der Waals surface area contributed by atoms with Gasteiger partial charge in [-0.1, -0.05) is 12.1 Å². The number of aliphatic hydroxyl groups is 1. The first kappa shape index (κ1) is 15.6. The third kappa shape index (κ3) is 4.34. The molecule has 0 bridgehead atoms. The topological polar surface area (TPSA) is 45.4 Å². The van der Waals surface area contributed by atoms with Gasteiger partial charge < -0.3 is 14.8 Å². The van der Waals surface area contributed by atoms with Gasteiger partial charge in [0.05, 0.1) is 18.2 Å². The number of nitrogens with one attached hydrogen (secondary N) is 1. The molecule has 0 saturated carbocycles. The molecule has 3 nitrogen and oxygen atoms in total. The molecule has 0 aliphatic rings. The Bertz CT molecular complexity index is 573. The minimum atomic E-state index is -4.34. The Hall–Kier alpha value is -1.79. The van der Waals surface area contributed by atoms with Crippen molar-refractivity contribution in [3.63, 3.8) is 0 Å². The van der Waals surface area contributed by atoms with Crippen LogP contribution in [-0.4, -0.2) is 17.8 Å². The van der Waals surface area contributed by atoms with Crippen molar-refractivity contribution in [3.05, 3.63) is 47.7 Å². The van der Waals surface area contributed by atoms with Gasteiger partial charge in [-0.3, -0.25) is 0 Å². The molecule has 0 amide bonds. The highest BCUT2D eigenvalue weighted by molar-refractivity contribution is 5.58. The van der Waals surface area contributed by atoms with Crippen LogP contribution in [0.1, 0.15) is 18.2 Å². The van der Waals surface area contributed by atoms with Gasteiger partial charge in [0.15, 0.2) is 0 Å². The fourth-order valence-electron chi connectivity index (χ4n) is 1.86. The number of aliphatic hydroxyl groups excluding tert-OH is 1. The van der Waals surface area contributed by atoms with Crippen molar-refractivity contribution in [2.24, 2.45) is 0 Å². The maximum Gasteiger partial charge on any atom is 0.416 e. The van der Waals surface area contributed by atoms with Crippen molar-refractivity contribution in [1.82, 2.24) is 5.32 Å². The quantitative estimate of drug-likeness (QED) is 0.889. The van der Waals surface area contributed by atoms with Crippen LogP contribution in [-0.2, 0) is 12.7 Å². The summed E-state index contributed by atoms with van der Waals surface area (Å²) in [6.07, 6.45) is -4.79. The number of benzene rings is 1. The zero-order valence-electron chi connectivity index (χ0n) is 11.4. The summed E-state index contributed by atoms with van der Waals surface area (Å²) < 4.78 is 43.0. The molecule has 2 rings (SSSR count). The third-order valence-corrected chi connectivity index (χ3v) is 2.90. The molecule has 6 heteroatoms. The molecule has 21 heavy (non-hydrogen) atoms. The summed E-state index contributed by atoms with van der Waals surface area (Å²) >= 11 is 0. The van der Waals surface area contributed by atoms with Crippen molar-refractivity contribution >= 4 is 0 Å². The van der Waals surface area contributed by atoms with Crippen LogP contribution in [0.2, 0.25) is 0 Å². The second-order valence-electron chi connectivity index (χ2n) is 4.82. The monoisotopic (exact) mass is 299 g/mol. The average molecular weight is 299 g/mol. The minimum absolute atomic E-state index is 0.441. The van der Waals surface area contributed by atoms with Gasteiger partial charge in [-0.2, -0.15) is 13.2 Å². The van der Waals surface area contributed by atoms with E-state index in [2.05, 4.69) is 5.32 Å². The Kier molecular flexibility index (Phi) is 4.69. The molecule has 0 aliphatic heterocycles. The van der Waals surface area contributed by atoms with Crippen LogP contribution in [0, 0.1) is 0 Å². The van der Waals surface area contributed by atoms with Crippen molar-refractivity contribution in [2.45, 2.75) is 25.7 Å².